The summed E-state index contributed by atoms with van der Waals surface area (Å²) >= 11 is 5.86. The molecular formula is C25H30ClFN6O2. The van der Waals surface area contributed by atoms with Crippen LogP contribution in [0.25, 0.3) is 0 Å². The third-order valence-corrected chi connectivity index (χ3v) is 7.87. The number of hydrogen-bond donors (Lipinski definition) is 3. The molecule has 3 unspecified atom stereocenters. The van der Waals surface area contributed by atoms with Crippen molar-refractivity contribution in [3.63, 3.8) is 0 Å². The maximum atomic E-state index is 13.5. The van der Waals surface area contributed by atoms with Crippen molar-refractivity contribution in [2.75, 3.05) is 5.32 Å². The molecule has 0 bridgehead atoms. The fourth-order valence-corrected chi connectivity index (χ4v) is 6.27. The first-order valence-electron chi connectivity index (χ1n) is 11.9. The van der Waals surface area contributed by atoms with Crippen LogP contribution in [0.5, 0.6) is 0 Å². The van der Waals surface area contributed by atoms with Gasteiger partial charge < -0.3 is 20.7 Å². The Morgan fingerprint density at radius 1 is 1.31 bits per heavy atom. The number of nitrogens with one attached hydrogen (secondary N) is 1. The maximum Gasteiger partial charge on any atom is 0.274 e. The third kappa shape index (κ3) is 4.26. The van der Waals surface area contributed by atoms with E-state index in [1.165, 1.54) is 18.2 Å². The van der Waals surface area contributed by atoms with Crippen LogP contribution in [0, 0.1) is 17.7 Å². The summed E-state index contributed by atoms with van der Waals surface area (Å²) in [6.07, 6.45) is 6.52. The number of anilines is 1. The second-order valence-corrected chi connectivity index (χ2v) is 10.6. The normalized spacial score (nSPS) is 26.7. The fourth-order valence-electron chi connectivity index (χ4n) is 6.09. The highest BCUT2D eigenvalue weighted by Crippen LogP contribution is 2.57. The molecule has 10 heteroatoms. The standard InChI is InChI=1S/C25H30ClFN6O2/c1-13(28)21-18(11-33(3)31-21)25(35)9-15-6-14(7-16(15)10-25)22-23(32(2)12-29-22)24(34)30-17-4-5-20(27)19(26)8-17/h4-5,8,11-16,35H,6-7,9-10,28H2,1-3H3,(H,30,34). The van der Waals surface area contributed by atoms with E-state index < -0.39 is 11.4 Å². The van der Waals surface area contributed by atoms with E-state index in [0.717, 1.165) is 29.8 Å². The van der Waals surface area contributed by atoms with Crippen molar-refractivity contribution in [1.82, 2.24) is 19.3 Å². The van der Waals surface area contributed by atoms with E-state index in [2.05, 4.69) is 15.4 Å². The summed E-state index contributed by atoms with van der Waals surface area (Å²) in [5.41, 5.74) is 8.42. The van der Waals surface area contributed by atoms with Gasteiger partial charge in [0.1, 0.15) is 11.5 Å². The molecule has 4 N–H and O–H groups in total. The first-order chi connectivity index (χ1) is 16.6. The van der Waals surface area contributed by atoms with Gasteiger partial charge in [0.05, 0.1) is 28.3 Å². The number of aryl methyl sites for hydroxylation is 2. The lowest BCUT2D eigenvalue weighted by Gasteiger charge is -2.25. The van der Waals surface area contributed by atoms with E-state index in [0.29, 0.717) is 36.1 Å². The van der Waals surface area contributed by atoms with Crippen LogP contribution in [-0.2, 0) is 19.7 Å². The SMILES string of the molecule is CC(N)c1nn(C)cc1C1(O)CC2CC(c3ncn(C)c3C(=O)Nc3ccc(F)c(Cl)c3)CC2C1. The number of aliphatic hydroxyl groups is 1. The second-order valence-electron chi connectivity index (χ2n) is 10.2. The third-order valence-electron chi connectivity index (χ3n) is 7.58. The Kier molecular flexibility index (Phi) is 5.97. The average Bonchev–Trinajstić information content (AvgIpc) is 3.52. The van der Waals surface area contributed by atoms with Gasteiger partial charge in [0.2, 0.25) is 0 Å². The monoisotopic (exact) mass is 500 g/mol. The average molecular weight is 501 g/mol. The number of fused-ring (bicyclic) bond motifs is 1. The predicted octanol–water partition coefficient (Wildman–Crippen LogP) is 4.01. The lowest BCUT2D eigenvalue weighted by molar-refractivity contribution is 0.0332. The molecule has 2 fully saturated rings. The highest BCUT2D eigenvalue weighted by Gasteiger charge is 2.51. The first-order valence-corrected chi connectivity index (χ1v) is 12.2. The van der Waals surface area contributed by atoms with Gasteiger partial charge >= 0.3 is 0 Å². The Labute approximate surface area is 208 Å². The first kappa shape index (κ1) is 24.0. The number of rotatable bonds is 5. The molecule has 2 aromatic heterocycles. The van der Waals surface area contributed by atoms with Crippen molar-refractivity contribution in [3.05, 3.63) is 64.2 Å². The molecule has 35 heavy (non-hydrogen) atoms. The summed E-state index contributed by atoms with van der Waals surface area (Å²) in [5.74, 6) is -0.0918. The summed E-state index contributed by atoms with van der Waals surface area (Å²) in [4.78, 5) is 17.7. The molecule has 3 atom stereocenters. The summed E-state index contributed by atoms with van der Waals surface area (Å²) in [6.45, 7) is 1.88. The van der Waals surface area contributed by atoms with Gasteiger partial charge in [-0.15, -0.1) is 0 Å². The smallest absolute Gasteiger partial charge is 0.274 e. The number of halogens is 2. The minimum atomic E-state index is -0.941. The molecule has 8 nitrogen and oxygen atoms in total. The number of imidazole rings is 1. The molecule has 2 saturated carbocycles. The van der Waals surface area contributed by atoms with Gasteiger partial charge in [-0.3, -0.25) is 9.48 Å². The maximum absolute atomic E-state index is 13.5. The molecular weight excluding hydrogens is 471 g/mol. The van der Waals surface area contributed by atoms with Crippen molar-refractivity contribution in [2.45, 2.75) is 50.2 Å². The summed E-state index contributed by atoms with van der Waals surface area (Å²) in [5, 5.41) is 18.8. The Morgan fingerprint density at radius 3 is 2.63 bits per heavy atom. The number of carbonyl (C=O) groups excluding carboxylic acids is 1. The van der Waals surface area contributed by atoms with E-state index in [-0.39, 0.29) is 22.9 Å². The largest absolute Gasteiger partial charge is 0.385 e. The molecule has 0 saturated heterocycles. The van der Waals surface area contributed by atoms with Crippen LogP contribution in [0.1, 0.15) is 72.0 Å². The highest BCUT2D eigenvalue weighted by molar-refractivity contribution is 6.31. The van der Waals surface area contributed by atoms with Crippen molar-refractivity contribution >= 4 is 23.2 Å². The number of nitrogens with two attached hydrogens (primary N) is 1. The van der Waals surface area contributed by atoms with Gasteiger partial charge in [0.25, 0.3) is 5.91 Å². The fraction of sp³-hybridized carbons (Fsp3) is 0.480. The zero-order valence-corrected chi connectivity index (χ0v) is 20.8. The number of hydrogen-bond acceptors (Lipinski definition) is 5. The van der Waals surface area contributed by atoms with Crippen molar-refractivity contribution in [2.24, 2.45) is 31.7 Å². The number of nitrogens with zero attached hydrogens (tertiary/aromatic N) is 4. The molecule has 0 spiro atoms. The van der Waals surface area contributed by atoms with Crippen LogP contribution >= 0.6 is 11.6 Å². The Morgan fingerprint density at radius 2 is 2.00 bits per heavy atom. The van der Waals surface area contributed by atoms with Crippen LogP contribution in [0.4, 0.5) is 10.1 Å². The summed E-state index contributed by atoms with van der Waals surface area (Å²) < 4.78 is 16.9. The summed E-state index contributed by atoms with van der Waals surface area (Å²) in [6, 6.07) is 3.83. The Balaban J connectivity index is 1.33. The zero-order valence-electron chi connectivity index (χ0n) is 20.0. The minimum Gasteiger partial charge on any atom is -0.385 e. The number of carbonyl (C=O) groups is 1. The van der Waals surface area contributed by atoms with Crippen molar-refractivity contribution in [3.8, 4) is 0 Å². The van der Waals surface area contributed by atoms with E-state index in [9.17, 15) is 14.3 Å². The lowest BCUT2D eigenvalue weighted by Crippen LogP contribution is -2.26. The molecule has 0 aliphatic heterocycles. The van der Waals surface area contributed by atoms with Gasteiger partial charge in [-0.05, 0) is 62.6 Å². The predicted molar refractivity (Wildman–Crippen MR) is 130 cm³/mol. The Hall–Kier alpha value is -2.75. The van der Waals surface area contributed by atoms with Gasteiger partial charge in [-0.1, -0.05) is 11.6 Å². The van der Waals surface area contributed by atoms with Gasteiger partial charge in [-0.25, -0.2) is 9.37 Å². The number of aromatic nitrogens is 4. The number of amides is 1. The summed E-state index contributed by atoms with van der Waals surface area (Å²) in [7, 11) is 3.63. The van der Waals surface area contributed by atoms with Crippen molar-refractivity contribution in [1.29, 1.82) is 0 Å². The van der Waals surface area contributed by atoms with Gasteiger partial charge in [0, 0.05) is 43.5 Å². The molecule has 1 aromatic carbocycles. The Bertz CT molecular complexity index is 1270. The topological polar surface area (TPSA) is 111 Å². The van der Waals surface area contributed by atoms with E-state index >= 15 is 0 Å². The second kappa shape index (κ2) is 8.72. The van der Waals surface area contributed by atoms with Gasteiger partial charge in [-0.2, -0.15) is 5.10 Å². The highest BCUT2D eigenvalue weighted by atomic mass is 35.5. The molecule has 3 aromatic rings. The number of benzene rings is 1. The van der Waals surface area contributed by atoms with Crippen LogP contribution in [-0.4, -0.2) is 30.3 Å². The van der Waals surface area contributed by atoms with Crippen molar-refractivity contribution < 1.29 is 14.3 Å². The van der Waals surface area contributed by atoms with E-state index in [1.807, 2.05) is 20.2 Å². The molecule has 186 valence electrons. The molecule has 5 rings (SSSR count). The van der Waals surface area contributed by atoms with Crippen LogP contribution < -0.4 is 11.1 Å². The van der Waals surface area contributed by atoms with Crippen LogP contribution in [0.2, 0.25) is 5.02 Å². The molecule has 2 aliphatic rings. The molecule has 0 radical (unpaired) electrons. The molecule has 2 aliphatic carbocycles. The zero-order chi connectivity index (χ0) is 25.1. The van der Waals surface area contributed by atoms with Gasteiger partial charge in [0.15, 0.2) is 0 Å². The minimum absolute atomic E-state index is 0.0510. The quantitative estimate of drug-likeness (QED) is 0.490. The van der Waals surface area contributed by atoms with E-state index in [1.54, 1.807) is 22.6 Å². The van der Waals surface area contributed by atoms with E-state index in [4.69, 9.17) is 17.3 Å². The lowest BCUT2D eigenvalue weighted by atomic mass is 9.86. The molecule has 2 heterocycles. The van der Waals surface area contributed by atoms with Crippen LogP contribution in [0.3, 0.4) is 0 Å². The van der Waals surface area contributed by atoms with Crippen LogP contribution in [0.15, 0.2) is 30.7 Å². The molecule has 1 amide bonds.